The van der Waals surface area contributed by atoms with Gasteiger partial charge >= 0.3 is 0 Å². The maximum atomic E-state index is 13.6. The molecule has 1 unspecified atom stereocenters. The molecule has 0 aliphatic carbocycles. The molecule has 0 saturated carbocycles. The highest BCUT2D eigenvalue weighted by molar-refractivity contribution is 7.10. The van der Waals surface area contributed by atoms with Gasteiger partial charge in [-0.3, -0.25) is 9.59 Å². The van der Waals surface area contributed by atoms with Gasteiger partial charge in [0, 0.05) is 16.8 Å². The van der Waals surface area contributed by atoms with Gasteiger partial charge in [0.2, 0.25) is 0 Å². The maximum absolute atomic E-state index is 13.6. The van der Waals surface area contributed by atoms with Crippen molar-refractivity contribution in [1.82, 2.24) is 14.7 Å². The van der Waals surface area contributed by atoms with Crippen LogP contribution in [0.3, 0.4) is 0 Å². The molecular formula is C24H21N3O2S. The zero-order valence-electron chi connectivity index (χ0n) is 16.6. The average Bonchev–Trinajstić information content (AvgIpc) is 3.26. The van der Waals surface area contributed by atoms with E-state index in [-0.39, 0.29) is 17.5 Å². The Labute approximate surface area is 178 Å². The molecular weight excluding hydrogens is 394 g/mol. The average molecular weight is 416 g/mol. The molecule has 5 nitrogen and oxygen atoms in total. The second-order valence-corrected chi connectivity index (χ2v) is 8.57. The lowest BCUT2D eigenvalue weighted by Crippen LogP contribution is -2.40. The number of rotatable bonds is 3. The Balaban J connectivity index is 1.61. The minimum absolute atomic E-state index is 0.0115. The first kappa shape index (κ1) is 18.8. The fraction of sp³-hybridized carbons (Fsp3) is 0.208. The molecule has 0 fully saturated rings. The largest absolute Gasteiger partial charge is 0.330 e. The Kier molecular flexibility index (Phi) is 4.71. The third-order valence-electron chi connectivity index (χ3n) is 5.78. The maximum Gasteiger partial charge on any atom is 0.275 e. The molecule has 1 aliphatic rings. The third kappa shape index (κ3) is 3.13. The first-order valence-corrected chi connectivity index (χ1v) is 10.9. The molecule has 30 heavy (non-hydrogen) atoms. The number of fused-ring (bicyclic) bond motifs is 2. The quantitative estimate of drug-likeness (QED) is 0.502. The molecule has 5 rings (SSSR count). The zero-order valence-corrected chi connectivity index (χ0v) is 17.4. The monoisotopic (exact) mass is 415 g/mol. The highest BCUT2D eigenvalue weighted by Gasteiger charge is 2.31. The van der Waals surface area contributed by atoms with Crippen LogP contribution in [0.15, 0.2) is 70.8 Å². The lowest BCUT2D eigenvalue weighted by Gasteiger charge is -2.33. The van der Waals surface area contributed by atoms with E-state index in [9.17, 15) is 9.59 Å². The Hall–Kier alpha value is -3.25. The van der Waals surface area contributed by atoms with Crippen LogP contribution in [0.1, 0.15) is 39.5 Å². The fourth-order valence-corrected chi connectivity index (χ4v) is 5.14. The van der Waals surface area contributed by atoms with Gasteiger partial charge in [-0.1, -0.05) is 48.5 Å². The van der Waals surface area contributed by atoms with E-state index < -0.39 is 0 Å². The summed E-state index contributed by atoms with van der Waals surface area (Å²) in [7, 11) is 0. The van der Waals surface area contributed by atoms with Crippen molar-refractivity contribution in [2.45, 2.75) is 25.9 Å². The summed E-state index contributed by atoms with van der Waals surface area (Å²) in [5.74, 6) is -0.127. The first-order chi connectivity index (χ1) is 14.6. The van der Waals surface area contributed by atoms with Crippen LogP contribution in [0.5, 0.6) is 0 Å². The minimum atomic E-state index is -0.183. The molecule has 0 bridgehead atoms. The predicted octanol–water partition coefficient (Wildman–Crippen LogP) is 4.27. The van der Waals surface area contributed by atoms with Gasteiger partial charge < -0.3 is 4.90 Å². The van der Waals surface area contributed by atoms with Crippen molar-refractivity contribution in [2.75, 3.05) is 6.54 Å². The van der Waals surface area contributed by atoms with Crippen molar-refractivity contribution in [3.63, 3.8) is 0 Å². The first-order valence-electron chi connectivity index (χ1n) is 10.0. The highest BCUT2D eigenvalue weighted by Crippen LogP contribution is 2.34. The molecule has 3 heterocycles. The van der Waals surface area contributed by atoms with Crippen LogP contribution in [0.2, 0.25) is 0 Å². The number of carbonyl (C=O) groups excluding carboxylic acids is 1. The zero-order chi connectivity index (χ0) is 20.7. The van der Waals surface area contributed by atoms with Crippen LogP contribution >= 0.6 is 11.3 Å². The van der Waals surface area contributed by atoms with Crippen LogP contribution < -0.4 is 5.56 Å². The molecule has 2 aromatic heterocycles. The van der Waals surface area contributed by atoms with Gasteiger partial charge in [-0.25, -0.2) is 4.68 Å². The summed E-state index contributed by atoms with van der Waals surface area (Å²) in [4.78, 5) is 29.9. The summed E-state index contributed by atoms with van der Waals surface area (Å²) >= 11 is 1.75. The van der Waals surface area contributed by atoms with E-state index >= 15 is 0 Å². The molecule has 0 radical (unpaired) electrons. The van der Waals surface area contributed by atoms with Crippen LogP contribution in [0, 0.1) is 0 Å². The van der Waals surface area contributed by atoms with Crippen molar-refractivity contribution in [1.29, 1.82) is 0 Å². The summed E-state index contributed by atoms with van der Waals surface area (Å²) in [6, 6.07) is 19.1. The van der Waals surface area contributed by atoms with E-state index in [1.165, 1.54) is 15.1 Å². The summed E-state index contributed by atoms with van der Waals surface area (Å²) in [5.41, 5.74) is 2.33. The van der Waals surface area contributed by atoms with Crippen LogP contribution in [0.25, 0.3) is 10.8 Å². The van der Waals surface area contributed by atoms with E-state index in [0.29, 0.717) is 29.6 Å². The molecule has 0 saturated heterocycles. The molecule has 2 aromatic carbocycles. The number of carbonyl (C=O) groups is 1. The van der Waals surface area contributed by atoms with Gasteiger partial charge in [0.25, 0.3) is 11.5 Å². The highest BCUT2D eigenvalue weighted by atomic mass is 32.1. The Bertz CT molecular complexity index is 1290. The number of hydrogen-bond donors (Lipinski definition) is 0. The summed E-state index contributed by atoms with van der Waals surface area (Å²) in [5, 5.41) is 7.78. The smallest absolute Gasteiger partial charge is 0.275 e. The number of benzene rings is 2. The van der Waals surface area contributed by atoms with Crippen LogP contribution in [0.4, 0.5) is 0 Å². The van der Waals surface area contributed by atoms with Crippen molar-refractivity contribution in [3.8, 4) is 0 Å². The molecule has 0 N–H and O–H groups in total. The molecule has 1 aliphatic heterocycles. The second-order valence-electron chi connectivity index (χ2n) is 7.57. The van der Waals surface area contributed by atoms with E-state index in [0.717, 1.165) is 12.0 Å². The summed E-state index contributed by atoms with van der Waals surface area (Å²) in [6.45, 7) is 3.04. The van der Waals surface area contributed by atoms with Crippen LogP contribution in [-0.2, 0) is 13.0 Å². The van der Waals surface area contributed by atoms with Gasteiger partial charge in [-0.15, -0.1) is 11.3 Å². The standard InChI is InChI=1S/C24H21N3O2S/c1-16-18-12-14-30-21(18)11-13-26(16)24(29)22-19-9-5-6-10-20(19)23(28)27(25-22)15-17-7-3-2-4-8-17/h2-10,12,14,16H,11,13,15H2,1H3. The molecule has 6 heteroatoms. The summed E-state index contributed by atoms with van der Waals surface area (Å²) in [6.07, 6.45) is 0.852. The Morgan fingerprint density at radius 1 is 1.07 bits per heavy atom. The Morgan fingerprint density at radius 2 is 1.80 bits per heavy atom. The van der Waals surface area contributed by atoms with Crippen molar-refractivity contribution in [3.05, 3.63) is 98.1 Å². The van der Waals surface area contributed by atoms with Crippen molar-refractivity contribution in [2.24, 2.45) is 0 Å². The predicted molar refractivity (Wildman–Crippen MR) is 119 cm³/mol. The lowest BCUT2D eigenvalue weighted by molar-refractivity contribution is 0.0673. The van der Waals surface area contributed by atoms with Gasteiger partial charge in [0.1, 0.15) is 0 Å². The summed E-state index contributed by atoms with van der Waals surface area (Å²) < 4.78 is 1.41. The number of amides is 1. The topological polar surface area (TPSA) is 55.2 Å². The van der Waals surface area contributed by atoms with Crippen molar-refractivity contribution < 1.29 is 4.79 Å². The van der Waals surface area contributed by atoms with E-state index in [1.807, 2.05) is 53.4 Å². The van der Waals surface area contributed by atoms with E-state index in [1.54, 1.807) is 17.4 Å². The van der Waals surface area contributed by atoms with Gasteiger partial charge in [0.15, 0.2) is 5.69 Å². The molecule has 150 valence electrons. The number of hydrogen-bond acceptors (Lipinski definition) is 4. The lowest BCUT2D eigenvalue weighted by atomic mass is 10.0. The van der Waals surface area contributed by atoms with Gasteiger partial charge in [0.05, 0.1) is 18.0 Å². The minimum Gasteiger partial charge on any atom is -0.330 e. The van der Waals surface area contributed by atoms with Crippen LogP contribution in [-0.4, -0.2) is 27.1 Å². The number of thiophene rings is 1. The Morgan fingerprint density at radius 3 is 2.60 bits per heavy atom. The van der Waals surface area contributed by atoms with E-state index in [4.69, 9.17) is 0 Å². The fourth-order valence-electron chi connectivity index (χ4n) is 4.18. The normalized spacial score (nSPS) is 15.9. The third-order valence-corrected chi connectivity index (χ3v) is 6.78. The molecule has 1 atom stereocenters. The van der Waals surface area contributed by atoms with E-state index in [2.05, 4.69) is 23.5 Å². The SMILES string of the molecule is CC1c2ccsc2CCN1C(=O)c1nn(Cc2ccccc2)c(=O)c2ccccc12. The number of nitrogens with zero attached hydrogens (tertiary/aromatic N) is 3. The second kappa shape index (κ2) is 7.54. The van der Waals surface area contributed by atoms with Gasteiger partial charge in [-0.05, 0) is 42.0 Å². The van der Waals surface area contributed by atoms with Crippen molar-refractivity contribution >= 4 is 28.0 Å². The number of aromatic nitrogens is 2. The molecule has 0 spiro atoms. The molecule has 4 aromatic rings. The molecule has 1 amide bonds. The van der Waals surface area contributed by atoms with Gasteiger partial charge in [-0.2, -0.15) is 5.10 Å².